The third-order valence-electron chi connectivity index (χ3n) is 4.21. The molecule has 0 saturated carbocycles. The number of sulfonamides is 1. The van der Waals surface area contributed by atoms with E-state index in [0.717, 1.165) is 11.1 Å². The van der Waals surface area contributed by atoms with Crippen LogP contribution in [-0.2, 0) is 16.4 Å². The van der Waals surface area contributed by atoms with Gasteiger partial charge in [-0.1, -0.05) is 30.3 Å². The Hall–Kier alpha value is -3.19. The SMILES string of the molecule is O=S(=O)(Nc1cccc(Oc2cnccn2)c1)C1=Cc2ccccc2CC1. The molecular formula is C20H17N3O3S. The third kappa shape index (κ3) is 3.98. The quantitative estimate of drug-likeness (QED) is 0.725. The average molecular weight is 379 g/mol. The van der Waals surface area contributed by atoms with Gasteiger partial charge in [0.2, 0.25) is 5.88 Å². The van der Waals surface area contributed by atoms with Crippen molar-refractivity contribution in [2.45, 2.75) is 12.8 Å². The van der Waals surface area contributed by atoms with Crippen molar-refractivity contribution in [3.8, 4) is 11.6 Å². The first-order valence-electron chi connectivity index (χ1n) is 8.45. The van der Waals surface area contributed by atoms with Gasteiger partial charge in [0.25, 0.3) is 10.0 Å². The van der Waals surface area contributed by atoms with Gasteiger partial charge in [0.1, 0.15) is 5.75 Å². The van der Waals surface area contributed by atoms with Gasteiger partial charge in [0.15, 0.2) is 0 Å². The van der Waals surface area contributed by atoms with Crippen molar-refractivity contribution in [1.82, 2.24) is 9.97 Å². The standard InChI is InChI=1S/C20H17N3O3S/c24-27(25,19-9-8-15-4-1-2-5-16(15)12-19)23-17-6-3-7-18(13-17)26-20-14-21-10-11-22-20/h1-7,10-14,23H,8-9H2. The van der Waals surface area contributed by atoms with Crippen LogP contribution in [-0.4, -0.2) is 18.4 Å². The normalized spacial score (nSPS) is 13.4. The molecule has 0 fully saturated rings. The summed E-state index contributed by atoms with van der Waals surface area (Å²) in [5.41, 5.74) is 2.54. The monoisotopic (exact) mass is 379 g/mol. The van der Waals surface area contributed by atoms with Crippen LogP contribution < -0.4 is 9.46 Å². The minimum absolute atomic E-state index is 0.337. The molecule has 0 radical (unpaired) electrons. The largest absolute Gasteiger partial charge is 0.437 e. The fourth-order valence-corrected chi connectivity index (χ4v) is 4.14. The Kier molecular flexibility index (Phi) is 4.60. The van der Waals surface area contributed by atoms with Crippen LogP contribution in [0.15, 0.2) is 72.0 Å². The number of aromatic nitrogens is 2. The molecule has 4 rings (SSSR count). The molecule has 6 nitrogen and oxygen atoms in total. The van der Waals surface area contributed by atoms with Crippen LogP contribution in [0, 0.1) is 0 Å². The second-order valence-electron chi connectivity index (χ2n) is 6.09. The molecule has 0 amide bonds. The first-order valence-corrected chi connectivity index (χ1v) is 9.94. The van der Waals surface area contributed by atoms with E-state index >= 15 is 0 Å². The summed E-state index contributed by atoms with van der Waals surface area (Å²) in [6.45, 7) is 0. The van der Waals surface area contributed by atoms with E-state index in [1.807, 2.05) is 24.3 Å². The van der Waals surface area contributed by atoms with Crippen molar-refractivity contribution in [2.24, 2.45) is 0 Å². The number of nitrogens with zero attached hydrogens (tertiary/aromatic N) is 2. The van der Waals surface area contributed by atoms with Crippen molar-refractivity contribution in [3.63, 3.8) is 0 Å². The van der Waals surface area contributed by atoms with Crippen LogP contribution >= 0.6 is 0 Å². The van der Waals surface area contributed by atoms with Gasteiger partial charge in [-0.05, 0) is 42.2 Å². The summed E-state index contributed by atoms with van der Waals surface area (Å²) in [4.78, 5) is 8.35. The number of nitrogens with one attached hydrogen (secondary N) is 1. The molecule has 1 aliphatic carbocycles. The zero-order chi connectivity index (χ0) is 18.7. The number of hydrogen-bond donors (Lipinski definition) is 1. The third-order valence-corrected chi connectivity index (χ3v) is 5.72. The lowest BCUT2D eigenvalue weighted by Gasteiger charge is -2.17. The summed E-state index contributed by atoms with van der Waals surface area (Å²) < 4.78 is 33.8. The second kappa shape index (κ2) is 7.20. The second-order valence-corrected chi connectivity index (χ2v) is 7.82. The van der Waals surface area contributed by atoms with Crippen molar-refractivity contribution in [1.29, 1.82) is 0 Å². The maximum atomic E-state index is 12.8. The van der Waals surface area contributed by atoms with Crippen molar-refractivity contribution < 1.29 is 13.2 Å². The molecule has 0 unspecified atom stereocenters. The summed E-state index contributed by atoms with van der Waals surface area (Å²) >= 11 is 0. The van der Waals surface area contributed by atoms with Crippen LogP contribution in [0.5, 0.6) is 11.6 Å². The highest BCUT2D eigenvalue weighted by Gasteiger charge is 2.21. The number of rotatable bonds is 5. The molecule has 0 bridgehead atoms. The van der Waals surface area contributed by atoms with E-state index in [9.17, 15) is 8.42 Å². The number of hydrogen-bond acceptors (Lipinski definition) is 5. The van der Waals surface area contributed by atoms with E-state index in [0.29, 0.717) is 35.1 Å². The Morgan fingerprint density at radius 1 is 1.00 bits per heavy atom. The highest BCUT2D eigenvalue weighted by atomic mass is 32.2. The average Bonchev–Trinajstić information content (AvgIpc) is 2.68. The molecule has 27 heavy (non-hydrogen) atoms. The predicted octanol–water partition coefficient (Wildman–Crippen LogP) is 4.00. The van der Waals surface area contributed by atoms with Gasteiger partial charge in [-0.3, -0.25) is 9.71 Å². The van der Waals surface area contributed by atoms with E-state index in [-0.39, 0.29) is 0 Å². The maximum absolute atomic E-state index is 12.8. The zero-order valence-electron chi connectivity index (χ0n) is 14.4. The van der Waals surface area contributed by atoms with Gasteiger partial charge in [-0.2, -0.15) is 0 Å². The smallest absolute Gasteiger partial charge is 0.258 e. The number of ether oxygens (including phenoxy) is 1. The van der Waals surface area contributed by atoms with Crippen LogP contribution in [0.25, 0.3) is 6.08 Å². The first-order chi connectivity index (χ1) is 13.1. The van der Waals surface area contributed by atoms with Gasteiger partial charge in [-0.25, -0.2) is 13.4 Å². The Bertz CT molecular complexity index is 1100. The van der Waals surface area contributed by atoms with Crippen molar-refractivity contribution >= 4 is 21.8 Å². The summed E-state index contributed by atoms with van der Waals surface area (Å²) in [5.74, 6) is 0.808. The molecular weight excluding hydrogens is 362 g/mol. The van der Waals surface area contributed by atoms with E-state index in [1.54, 1.807) is 36.5 Å². The minimum atomic E-state index is -3.64. The molecule has 1 heterocycles. The lowest BCUT2D eigenvalue weighted by atomic mass is 9.98. The van der Waals surface area contributed by atoms with Gasteiger partial charge in [0, 0.05) is 18.5 Å². The first kappa shape index (κ1) is 17.2. The molecule has 0 aliphatic heterocycles. The number of fused-ring (bicyclic) bond motifs is 1. The summed E-state index contributed by atoms with van der Waals surface area (Å²) in [5, 5.41) is 0. The van der Waals surface area contributed by atoms with Gasteiger partial charge < -0.3 is 4.74 Å². The molecule has 2 aromatic carbocycles. The topological polar surface area (TPSA) is 81.2 Å². The van der Waals surface area contributed by atoms with Crippen LogP contribution in [0.1, 0.15) is 17.5 Å². The van der Waals surface area contributed by atoms with E-state index < -0.39 is 10.0 Å². The van der Waals surface area contributed by atoms with Crippen LogP contribution in [0.4, 0.5) is 5.69 Å². The van der Waals surface area contributed by atoms with Gasteiger partial charge in [0.05, 0.1) is 16.8 Å². The zero-order valence-corrected chi connectivity index (χ0v) is 15.2. The predicted molar refractivity (Wildman–Crippen MR) is 104 cm³/mol. The molecule has 3 aromatic rings. The Balaban J connectivity index is 1.55. The molecule has 136 valence electrons. The molecule has 0 spiro atoms. The highest BCUT2D eigenvalue weighted by Crippen LogP contribution is 2.29. The van der Waals surface area contributed by atoms with Gasteiger partial charge >= 0.3 is 0 Å². The minimum Gasteiger partial charge on any atom is -0.437 e. The summed E-state index contributed by atoms with van der Waals surface area (Å²) in [7, 11) is -3.64. The van der Waals surface area contributed by atoms with Crippen LogP contribution in [0.2, 0.25) is 0 Å². The van der Waals surface area contributed by atoms with E-state index in [4.69, 9.17) is 4.74 Å². The number of aryl methyl sites for hydroxylation is 1. The Morgan fingerprint density at radius 3 is 2.74 bits per heavy atom. The molecule has 0 saturated heterocycles. The highest BCUT2D eigenvalue weighted by molar-refractivity contribution is 7.96. The van der Waals surface area contributed by atoms with E-state index in [1.165, 1.54) is 12.4 Å². The fourth-order valence-electron chi connectivity index (χ4n) is 2.92. The maximum Gasteiger partial charge on any atom is 0.258 e. The molecule has 1 aromatic heterocycles. The van der Waals surface area contributed by atoms with Crippen molar-refractivity contribution in [3.05, 3.63) is 83.2 Å². The molecule has 1 N–H and O–H groups in total. The molecule has 0 atom stereocenters. The fraction of sp³-hybridized carbons (Fsp3) is 0.100. The number of anilines is 1. The molecule has 7 heteroatoms. The lowest BCUT2D eigenvalue weighted by Crippen LogP contribution is -2.17. The number of benzene rings is 2. The molecule has 1 aliphatic rings. The number of allylic oxidation sites excluding steroid dienone is 1. The van der Waals surface area contributed by atoms with Crippen molar-refractivity contribution in [2.75, 3.05) is 4.72 Å². The van der Waals surface area contributed by atoms with E-state index in [2.05, 4.69) is 14.7 Å². The summed E-state index contributed by atoms with van der Waals surface area (Å²) in [6.07, 6.45) is 7.48. The summed E-state index contributed by atoms with van der Waals surface area (Å²) in [6, 6.07) is 14.6. The van der Waals surface area contributed by atoms with Crippen LogP contribution in [0.3, 0.4) is 0 Å². The Labute approximate surface area is 157 Å². The van der Waals surface area contributed by atoms with Gasteiger partial charge in [-0.15, -0.1) is 0 Å². The Morgan fingerprint density at radius 2 is 1.89 bits per heavy atom. The lowest BCUT2D eigenvalue weighted by molar-refractivity contribution is 0.460.